The summed E-state index contributed by atoms with van der Waals surface area (Å²) in [5.74, 6) is 0.775. The summed E-state index contributed by atoms with van der Waals surface area (Å²) in [4.78, 5) is 6.76. The molecular formula is C6H9N2O. The molecule has 0 aliphatic carbocycles. The molecule has 1 atom stereocenters. The van der Waals surface area contributed by atoms with Crippen molar-refractivity contribution in [2.24, 2.45) is 0 Å². The van der Waals surface area contributed by atoms with Gasteiger partial charge in [-0.3, -0.25) is 0 Å². The summed E-state index contributed by atoms with van der Waals surface area (Å²) in [6, 6.07) is 0. The molecule has 3 heteroatoms. The van der Waals surface area contributed by atoms with E-state index >= 15 is 0 Å². The zero-order valence-corrected chi connectivity index (χ0v) is 5.29. The van der Waals surface area contributed by atoms with Crippen LogP contribution < -0.4 is 0 Å². The monoisotopic (exact) mass is 125 g/mol. The lowest BCUT2D eigenvalue weighted by molar-refractivity contribution is 0.104. The second-order valence-electron chi connectivity index (χ2n) is 2.05. The minimum Gasteiger partial charge on any atom is -0.349 e. The van der Waals surface area contributed by atoms with E-state index in [1.807, 2.05) is 0 Å². The van der Waals surface area contributed by atoms with Crippen LogP contribution >= 0.6 is 0 Å². The molecule has 9 heavy (non-hydrogen) atoms. The summed E-state index contributed by atoms with van der Waals surface area (Å²) in [7, 11) is 0. The first-order valence-corrected chi connectivity index (χ1v) is 2.93. The van der Waals surface area contributed by atoms with Crippen LogP contribution in [-0.2, 0) is 11.5 Å². The van der Waals surface area contributed by atoms with Crippen molar-refractivity contribution in [1.29, 1.82) is 0 Å². The maximum atomic E-state index is 10.5. The molecule has 0 aromatic carbocycles. The average molecular weight is 125 g/mol. The highest BCUT2D eigenvalue weighted by Gasteiger charge is 2.00. The largest absolute Gasteiger partial charge is 0.349 e. The Morgan fingerprint density at radius 2 is 2.67 bits per heavy atom. The Morgan fingerprint density at radius 1 is 1.89 bits per heavy atom. The third-order valence-electron chi connectivity index (χ3n) is 1.04. The molecule has 1 aromatic rings. The van der Waals surface area contributed by atoms with Gasteiger partial charge in [-0.2, -0.15) is 0 Å². The Bertz CT molecular complexity index is 158. The highest BCUT2D eigenvalue weighted by molar-refractivity contribution is 4.87. The molecule has 1 unspecified atom stereocenters. The minimum absolute atomic E-state index is 0.493. The van der Waals surface area contributed by atoms with Crippen molar-refractivity contribution < 1.29 is 5.11 Å². The highest BCUT2D eigenvalue weighted by Crippen LogP contribution is 1.94. The first-order chi connectivity index (χ1) is 4.29. The minimum atomic E-state index is -0.559. The number of imidazole rings is 1. The highest BCUT2D eigenvalue weighted by atomic mass is 16.3. The molecule has 1 N–H and O–H groups in total. The predicted molar refractivity (Wildman–Crippen MR) is 32.4 cm³/mol. The van der Waals surface area contributed by atoms with Crippen molar-refractivity contribution in [1.82, 2.24) is 9.97 Å². The number of nitrogens with one attached hydrogen (secondary N) is 1. The normalized spacial score (nSPS) is 13.6. The fourth-order valence-corrected chi connectivity index (χ4v) is 0.682. The number of aromatic amines is 1. The Balaban J connectivity index is 2.48. The molecule has 1 radical (unpaired) electrons. The van der Waals surface area contributed by atoms with Crippen molar-refractivity contribution in [3.8, 4) is 0 Å². The van der Waals surface area contributed by atoms with Crippen LogP contribution in [0.15, 0.2) is 12.4 Å². The van der Waals surface area contributed by atoms with E-state index < -0.39 is 6.10 Å². The first kappa shape index (κ1) is 6.29. The van der Waals surface area contributed by atoms with Crippen molar-refractivity contribution >= 4 is 0 Å². The molecule has 1 rings (SSSR count). The molecule has 0 aliphatic heterocycles. The number of hydrogen-bond acceptors (Lipinski definition) is 1. The van der Waals surface area contributed by atoms with Gasteiger partial charge in [0.15, 0.2) is 0 Å². The molecule has 0 amide bonds. The molecule has 0 aliphatic rings. The molecule has 0 fully saturated rings. The molecule has 0 spiro atoms. The van der Waals surface area contributed by atoms with Gasteiger partial charge < -0.3 is 4.98 Å². The van der Waals surface area contributed by atoms with Crippen LogP contribution in [0.3, 0.4) is 0 Å². The summed E-state index contributed by atoms with van der Waals surface area (Å²) in [5, 5.41) is 10.5. The maximum absolute atomic E-state index is 10.5. The van der Waals surface area contributed by atoms with Gasteiger partial charge in [-0.15, -0.1) is 0 Å². The third kappa shape index (κ3) is 1.85. The molecular weight excluding hydrogens is 116 g/mol. The smallest absolute Gasteiger partial charge is 0.108 e. The van der Waals surface area contributed by atoms with E-state index in [0.29, 0.717) is 6.42 Å². The fourth-order valence-electron chi connectivity index (χ4n) is 0.682. The lowest BCUT2D eigenvalue weighted by Gasteiger charge is -1.94. The quantitative estimate of drug-likeness (QED) is 0.623. The third-order valence-corrected chi connectivity index (χ3v) is 1.04. The van der Waals surface area contributed by atoms with Crippen molar-refractivity contribution in [3.05, 3.63) is 18.2 Å². The van der Waals surface area contributed by atoms with Crippen molar-refractivity contribution in [2.75, 3.05) is 0 Å². The number of H-pyrrole nitrogens is 1. The molecule has 3 nitrogen and oxygen atoms in total. The summed E-state index contributed by atoms with van der Waals surface area (Å²) in [6.07, 6.45) is 3.30. The second kappa shape index (κ2) is 2.64. The predicted octanol–water partition coefficient (Wildman–Crippen LogP) is 0.771. The van der Waals surface area contributed by atoms with Crippen LogP contribution in [0, 0.1) is 0 Å². The SMILES string of the molecule is CC([O])Cc1ncc[nH]1. The summed E-state index contributed by atoms with van der Waals surface area (Å²) >= 11 is 0. The zero-order valence-electron chi connectivity index (χ0n) is 5.29. The van der Waals surface area contributed by atoms with Crippen molar-refractivity contribution in [2.45, 2.75) is 19.4 Å². The fraction of sp³-hybridized carbons (Fsp3) is 0.500. The van der Waals surface area contributed by atoms with Gasteiger partial charge in [0.1, 0.15) is 5.82 Å². The van der Waals surface area contributed by atoms with Gasteiger partial charge in [-0.25, -0.2) is 10.1 Å². The summed E-state index contributed by atoms with van der Waals surface area (Å²) < 4.78 is 0. The van der Waals surface area contributed by atoms with Gasteiger partial charge in [0.05, 0.1) is 6.10 Å². The Hall–Kier alpha value is -0.830. The zero-order chi connectivity index (χ0) is 6.69. The first-order valence-electron chi connectivity index (χ1n) is 2.93. The maximum Gasteiger partial charge on any atom is 0.108 e. The van der Waals surface area contributed by atoms with E-state index in [-0.39, 0.29) is 0 Å². The summed E-state index contributed by atoms with van der Waals surface area (Å²) in [5.41, 5.74) is 0. The molecule has 49 valence electrons. The standard InChI is InChI=1S/C6H9N2O/c1-5(9)4-6-7-2-3-8-6/h2-3,5H,4H2,1H3,(H,7,8). The van der Waals surface area contributed by atoms with Crippen molar-refractivity contribution in [3.63, 3.8) is 0 Å². The van der Waals surface area contributed by atoms with Crippen LogP contribution in [0.4, 0.5) is 0 Å². The van der Waals surface area contributed by atoms with E-state index in [2.05, 4.69) is 9.97 Å². The number of nitrogens with zero attached hydrogens (tertiary/aromatic N) is 1. The Labute approximate surface area is 53.7 Å². The Morgan fingerprint density at radius 3 is 3.11 bits per heavy atom. The van der Waals surface area contributed by atoms with E-state index in [1.54, 1.807) is 19.3 Å². The van der Waals surface area contributed by atoms with Crippen LogP contribution in [0.2, 0.25) is 0 Å². The van der Waals surface area contributed by atoms with Gasteiger partial charge in [-0.05, 0) is 6.92 Å². The lowest BCUT2D eigenvalue weighted by atomic mass is 10.3. The molecule has 0 saturated carbocycles. The van der Waals surface area contributed by atoms with Gasteiger partial charge in [0.2, 0.25) is 0 Å². The molecule has 0 bridgehead atoms. The van der Waals surface area contributed by atoms with Crippen LogP contribution in [-0.4, -0.2) is 16.1 Å². The van der Waals surface area contributed by atoms with Gasteiger partial charge in [0.25, 0.3) is 0 Å². The number of aromatic nitrogens is 2. The van der Waals surface area contributed by atoms with Gasteiger partial charge in [-0.1, -0.05) is 0 Å². The van der Waals surface area contributed by atoms with E-state index in [0.717, 1.165) is 5.82 Å². The number of rotatable bonds is 2. The van der Waals surface area contributed by atoms with Crippen LogP contribution in [0.1, 0.15) is 12.7 Å². The second-order valence-corrected chi connectivity index (χ2v) is 2.05. The van der Waals surface area contributed by atoms with Crippen LogP contribution in [0.5, 0.6) is 0 Å². The van der Waals surface area contributed by atoms with E-state index in [9.17, 15) is 5.11 Å². The van der Waals surface area contributed by atoms with E-state index in [4.69, 9.17) is 0 Å². The molecule has 1 aromatic heterocycles. The molecule has 1 heterocycles. The Kier molecular flexibility index (Phi) is 1.85. The average Bonchev–Trinajstić information content (AvgIpc) is 2.15. The van der Waals surface area contributed by atoms with Gasteiger partial charge >= 0.3 is 0 Å². The van der Waals surface area contributed by atoms with Crippen LogP contribution in [0.25, 0.3) is 0 Å². The van der Waals surface area contributed by atoms with Gasteiger partial charge in [0, 0.05) is 18.8 Å². The topological polar surface area (TPSA) is 48.6 Å². The summed E-state index contributed by atoms with van der Waals surface area (Å²) in [6.45, 7) is 1.63. The number of hydrogen-bond donors (Lipinski definition) is 1. The lowest BCUT2D eigenvalue weighted by Crippen LogP contribution is -2.03. The van der Waals surface area contributed by atoms with E-state index in [1.165, 1.54) is 0 Å². The molecule has 0 saturated heterocycles.